The molecule has 13 heavy (non-hydrogen) atoms. The van der Waals surface area contributed by atoms with Crippen LogP contribution in [0.15, 0.2) is 35.1 Å². The van der Waals surface area contributed by atoms with E-state index in [1.807, 2.05) is 19.9 Å². The van der Waals surface area contributed by atoms with E-state index in [9.17, 15) is 9.90 Å². The third-order valence-corrected chi connectivity index (χ3v) is 1.87. The van der Waals surface area contributed by atoms with E-state index in [1.54, 1.807) is 13.0 Å². The van der Waals surface area contributed by atoms with Crippen LogP contribution in [0.1, 0.15) is 27.7 Å². The van der Waals surface area contributed by atoms with E-state index in [0.717, 1.165) is 5.57 Å². The Kier molecular flexibility index (Phi) is 4.82. The van der Waals surface area contributed by atoms with E-state index < -0.39 is 0 Å². The molecule has 0 aliphatic rings. The van der Waals surface area contributed by atoms with Gasteiger partial charge in [-0.1, -0.05) is 17.7 Å². The second-order valence-corrected chi connectivity index (χ2v) is 2.93. The van der Waals surface area contributed by atoms with Gasteiger partial charge in [0.05, 0.1) is 0 Å². The summed E-state index contributed by atoms with van der Waals surface area (Å²) in [5.41, 5.74) is 1.43. The first-order chi connectivity index (χ1) is 5.99. The monoisotopic (exact) mass is 180 g/mol. The van der Waals surface area contributed by atoms with Crippen molar-refractivity contribution in [3.8, 4) is 0 Å². The molecule has 0 aromatic heterocycles. The van der Waals surface area contributed by atoms with E-state index in [0.29, 0.717) is 5.57 Å². The maximum absolute atomic E-state index is 10.8. The smallest absolute Gasteiger partial charge is 0.159 e. The molecule has 0 radical (unpaired) electrons. The number of hydrogen-bond donors (Lipinski definition) is 1. The summed E-state index contributed by atoms with van der Waals surface area (Å²) in [5, 5.41) is 9.38. The number of ketones is 1. The molecule has 0 heterocycles. The number of aliphatic hydroxyl groups is 1. The zero-order valence-electron chi connectivity index (χ0n) is 8.59. The average Bonchev–Trinajstić information content (AvgIpc) is 2.11. The van der Waals surface area contributed by atoms with Crippen molar-refractivity contribution < 1.29 is 9.90 Å². The quantitative estimate of drug-likeness (QED) is 0.412. The first kappa shape index (κ1) is 11.7. The number of carbonyl (C=O) groups is 1. The van der Waals surface area contributed by atoms with Crippen molar-refractivity contribution in [2.24, 2.45) is 0 Å². The van der Waals surface area contributed by atoms with Gasteiger partial charge in [-0.3, -0.25) is 4.79 Å². The third-order valence-electron chi connectivity index (χ3n) is 1.87. The third kappa shape index (κ3) is 4.31. The largest absolute Gasteiger partial charge is 0.508 e. The second kappa shape index (κ2) is 5.36. The fraction of sp³-hybridized carbons (Fsp3) is 0.364. The lowest BCUT2D eigenvalue weighted by molar-refractivity contribution is -0.113. The normalized spacial score (nSPS) is 14.6. The summed E-state index contributed by atoms with van der Waals surface area (Å²) >= 11 is 0. The van der Waals surface area contributed by atoms with Gasteiger partial charge in [-0.25, -0.2) is 0 Å². The number of aliphatic hydroxyl groups excluding tert-OH is 1. The van der Waals surface area contributed by atoms with Gasteiger partial charge < -0.3 is 5.11 Å². The lowest BCUT2D eigenvalue weighted by Gasteiger charge is -1.96. The van der Waals surface area contributed by atoms with Gasteiger partial charge in [0.25, 0.3) is 0 Å². The Morgan fingerprint density at radius 2 is 1.69 bits per heavy atom. The molecule has 0 spiro atoms. The van der Waals surface area contributed by atoms with Crippen molar-refractivity contribution in [1.29, 1.82) is 0 Å². The van der Waals surface area contributed by atoms with Gasteiger partial charge in [0.1, 0.15) is 5.76 Å². The van der Waals surface area contributed by atoms with Crippen LogP contribution in [0, 0.1) is 0 Å². The summed E-state index contributed by atoms with van der Waals surface area (Å²) in [4.78, 5) is 10.8. The van der Waals surface area contributed by atoms with E-state index >= 15 is 0 Å². The molecule has 0 aliphatic carbocycles. The fourth-order valence-electron chi connectivity index (χ4n) is 0.612. The molecular formula is C11H16O2. The van der Waals surface area contributed by atoms with Gasteiger partial charge in [0.2, 0.25) is 0 Å². The molecule has 2 heteroatoms. The highest BCUT2D eigenvalue weighted by Crippen LogP contribution is 2.05. The first-order valence-corrected chi connectivity index (χ1v) is 4.20. The van der Waals surface area contributed by atoms with Crippen LogP contribution >= 0.6 is 0 Å². The standard InChI is InChI=1S/C11H16O2/c1-5-8(2)6-7-11(13)9(3)10(4)12/h5-7,13H,1-4H3/b7-6-,8-5+,11-9-. The Morgan fingerprint density at radius 1 is 1.15 bits per heavy atom. The molecule has 0 unspecified atom stereocenters. The lowest BCUT2D eigenvalue weighted by atomic mass is 10.1. The van der Waals surface area contributed by atoms with Crippen LogP contribution in [-0.4, -0.2) is 10.9 Å². The SMILES string of the molecule is C/C=C(C)/C=C\C(O)=C(/C)C(C)=O. The summed E-state index contributed by atoms with van der Waals surface area (Å²) in [6, 6.07) is 0. The predicted octanol–water partition coefficient (Wildman–Crippen LogP) is 2.93. The Bertz CT molecular complexity index is 280. The molecule has 1 N–H and O–H groups in total. The number of carbonyl (C=O) groups excluding carboxylic acids is 1. The zero-order valence-corrected chi connectivity index (χ0v) is 8.59. The van der Waals surface area contributed by atoms with Crippen molar-refractivity contribution in [1.82, 2.24) is 0 Å². The highest BCUT2D eigenvalue weighted by molar-refractivity contribution is 5.93. The molecule has 0 bridgehead atoms. The zero-order chi connectivity index (χ0) is 10.4. The maximum atomic E-state index is 10.8. The fourth-order valence-corrected chi connectivity index (χ4v) is 0.612. The van der Waals surface area contributed by atoms with Crippen LogP contribution < -0.4 is 0 Å². The first-order valence-electron chi connectivity index (χ1n) is 4.20. The number of rotatable bonds is 3. The summed E-state index contributed by atoms with van der Waals surface area (Å²) < 4.78 is 0. The van der Waals surface area contributed by atoms with Crippen LogP contribution in [-0.2, 0) is 4.79 Å². The molecule has 0 aromatic rings. The molecule has 0 amide bonds. The lowest BCUT2D eigenvalue weighted by Crippen LogP contribution is -1.95. The minimum atomic E-state index is -0.111. The van der Waals surface area contributed by atoms with Crippen LogP contribution in [0.3, 0.4) is 0 Å². The topological polar surface area (TPSA) is 37.3 Å². The van der Waals surface area contributed by atoms with Crippen LogP contribution in [0.4, 0.5) is 0 Å². The predicted molar refractivity (Wildman–Crippen MR) is 54.6 cm³/mol. The van der Waals surface area contributed by atoms with Crippen LogP contribution in [0.5, 0.6) is 0 Å². The van der Waals surface area contributed by atoms with Crippen LogP contribution in [0.2, 0.25) is 0 Å². The van der Waals surface area contributed by atoms with Crippen molar-refractivity contribution in [3.63, 3.8) is 0 Å². The molecule has 72 valence electrons. The molecule has 2 nitrogen and oxygen atoms in total. The van der Waals surface area contributed by atoms with Crippen molar-refractivity contribution in [2.45, 2.75) is 27.7 Å². The molecule has 0 fully saturated rings. The Morgan fingerprint density at radius 3 is 2.08 bits per heavy atom. The summed E-state index contributed by atoms with van der Waals surface area (Å²) in [6.07, 6.45) is 5.22. The van der Waals surface area contributed by atoms with Crippen molar-refractivity contribution in [3.05, 3.63) is 35.1 Å². The van der Waals surface area contributed by atoms with Crippen LogP contribution in [0.25, 0.3) is 0 Å². The van der Waals surface area contributed by atoms with Gasteiger partial charge in [-0.2, -0.15) is 0 Å². The molecule has 0 aromatic carbocycles. The van der Waals surface area contributed by atoms with Gasteiger partial charge >= 0.3 is 0 Å². The summed E-state index contributed by atoms with van der Waals surface area (Å²) in [6.45, 7) is 6.88. The van der Waals surface area contributed by atoms with Gasteiger partial charge in [-0.05, 0) is 33.8 Å². The molecule has 0 saturated heterocycles. The molecule has 0 saturated carbocycles. The molecule has 0 atom stereocenters. The van der Waals surface area contributed by atoms with E-state index in [1.165, 1.54) is 13.0 Å². The Labute approximate surface area is 79.3 Å². The molecule has 0 rings (SSSR count). The average molecular weight is 180 g/mol. The second-order valence-electron chi connectivity index (χ2n) is 2.93. The number of Topliss-reactive ketones (excluding diaryl/α,β-unsaturated/α-hetero) is 1. The van der Waals surface area contributed by atoms with Gasteiger partial charge in [0, 0.05) is 5.57 Å². The van der Waals surface area contributed by atoms with E-state index in [4.69, 9.17) is 0 Å². The summed E-state index contributed by atoms with van der Waals surface area (Å²) in [5.74, 6) is -0.0750. The van der Waals surface area contributed by atoms with E-state index in [2.05, 4.69) is 0 Å². The highest BCUT2D eigenvalue weighted by Gasteiger charge is 2.00. The highest BCUT2D eigenvalue weighted by atomic mass is 16.3. The van der Waals surface area contributed by atoms with E-state index in [-0.39, 0.29) is 11.5 Å². The minimum Gasteiger partial charge on any atom is -0.508 e. The molecule has 0 aliphatic heterocycles. The molecular weight excluding hydrogens is 164 g/mol. The Balaban J connectivity index is 4.64. The summed E-state index contributed by atoms with van der Waals surface area (Å²) in [7, 11) is 0. The van der Waals surface area contributed by atoms with Crippen molar-refractivity contribution in [2.75, 3.05) is 0 Å². The maximum Gasteiger partial charge on any atom is 0.159 e. The number of hydrogen-bond acceptors (Lipinski definition) is 2. The van der Waals surface area contributed by atoms with Gasteiger partial charge in [-0.15, -0.1) is 0 Å². The van der Waals surface area contributed by atoms with Crippen molar-refractivity contribution >= 4 is 5.78 Å². The minimum absolute atomic E-state index is 0.0358. The Hall–Kier alpha value is -1.31. The number of allylic oxidation sites excluding steroid dienone is 5. The van der Waals surface area contributed by atoms with Gasteiger partial charge in [0.15, 0.2) is 5.78 Å².